The van der Waals surface area contributed by atoms with Gasteiger partial charge in [-0.2, -0.15) is 6.42 Å². The molecule has 0 saturated carbocycles. The minimum absolute atomic E-state index is 0. The monoisotopic (exact) mass is 489 g/mol. The minimum atomic E-state index is -2.30. The predicted octanol–water partition coefficient (Wildman–Crippen LogP) is 4.98. The smallest absolute Gasteiger partial charge is 0.343 e. The van der Waals surface area contributed by atoms with E-state index < -0.39 is 18.4 Å². The molecule has 1 nitrogen and oxygen atoms in total. The fourth-order valence-corrected chi connectivity index (χ4v) is 22.9. The molecule has 1 aromatic heterocycles. The number of para-hydroxylation sites is 1. The first-order valence-electron chi connectivity index (χ1n) is 10.8. The van der Waals surface area contributed by atoms with E-state index in [-0.39, 0.29) is 18.9 Å². The van der Waals surface area contributed by atoms with Gasteiger partial charge in [0.1, 0.15) is 0 Å². The number of thiazole rings is 1. The fraction of sp³-hybridized carbons (Fsp3) is 0.652. The Balaban J connectivity index is 0.00000123. The summed E-state index contributed by atoms with van der Waals surface area (Å²) in [6.45, 7) is 12.7. The van der Waals surface area contributed by atoms with E-state index in [1.807, 2.05) is 11.3 Å². The van der Waals surface area contributed by atoms with Crippen LogP contribution in [0.2, 0.25) is 13.3 Å². The Morgan fingerprint density at radius 1 is 0.852 bits per heavy atom. The van der Waals surface area contributed by atoms with E-state index in [0.29, 0.717) is 0 Å². The van der Waals surface area contributed by atoms with Crippen LogP contribution in [0.3, 0.4) is 0 Å². The van der Waals surface area contributed by atoms with Crippen LogP contribution in [-0.2, 0) is 0 Å². The summed E-state index contributed by atoms with van der Waals surface area (Å²) >= 11 is -0.261. The molecule has 0 aliphatic rings. The molecule has 0 atom stereocenters. The molecule has 0 fully saturated rings. The van der Waals surface area contributed by atoms with Gasteiger partial charge in [-0.1, -0.05) is 13.3 Å². The number of hydrogen-bond donors (Lipinski definition) is 0. The Morgan fingerprint density at radius 3 is 1.74 bits per heavy atom. The van der Waals surface area contributed by atoms with E-state index in [1.165, 1.54) is 68.5 Å². The topological polar surface area (TPSA) is 12.9 Å². The van der Waals surface area contributed by atoms with Crippen LogP contribution in [-0.4, -0.2) is 23.4 Å². The quantitative estimate of drug-likeness (QED) is 0.322. The third-order valence-corrected chi connectivity index (χ3v) is 23.9. The van der Waals surface area contributed by atoms with Crippen LogP contribution in [0.5, 0.6) is 0 Å². The summed E-state index contributed by atoms with van der Waals surface area (Å²) < 4.78 is 7.58. The molecule has 0 N–H and O–H groups in total. The Hall–Kier alpha value is 0.506. The molecule has 0 radical (unpaired) electrons. The van der Waals surface area contributed by atoms with E-state index in [1.54, 1.807) is 3.02 Å². The molecule has 0 spiro atoms. The summed E-state index contributed by atoms with van der Waals surface area (Å²) in [5.41, 5.74) is 1.24. The molecule has 0 aliphatic carbocycles. The van der Waals surface area contributed by atoms with E-state index in [0.717, 1.165) is 6.42 Å². The zero-order chi connectivity index (χ0) is 19.3. The van der Waals surface area contributed by atoms with Crippen LogP contribution >= 0.6 is 11.3 Å². The molecule has 0 unspecified atom stereocenters. The van der Waals surface area contributed by atoms with Crippen molar-refractivity contribution in [3.05, 3.63) is 31.2 Å². The van der Waals surface area contributed by atoms with Crippen LogP contribution in [0, 0.1) is 6.92 Å². The first kappa shape index (κ1) is 27.5. The molecule has 0 bridgehead atoms. The molecular weight excluding hydrogens is 448 g/mol. The van der Waals surface area contributed by atoms with Gasteiger partial charge < -0.3 is 6.92 Å². The molecule has 148 valence electrons. The largest absolute Gasteiger partial charge is 1.00 e. The van der Waals surface area contributed by atoms with Crippen LogP contribution in [0.15, 0.2) is 24.3 Å². The van der Waals surface area contributed by atoms with Gasteiger partial charge in [-0.3, -0.25) is 0 Å². The maximum atomic E-state index is 5.16. The molecule has 2 rings (SSSR count). The van der Waals surface area contributed by atoms with Gasteiger partial charge in [0.15, 0.2) is 0 Å². The van der Waals surface area contributed by atoms with Crippen molar-refractivity contribution in [2.75, 3.05) is 0 Å². The van der Waals surface area contributed by atoms with Gasteiger partial charge in [-0.05, 0) is 0 Å². The summed E-state index contributed by atoms with van der Waals surface area (Å²) in [7, 11) is 0. The standard InChI is InChI=1S/C7H4NS.4C4H9.Li.Sn/c1-2-4-7-6(3-1)8-5-9-7;4*1-3-4-2;;/h1-4H;4*1,3-4H2,2H3;;/q;;;;-1;+1;. The molecule has 2 aromatic rings. The molecule has 1 heterocycles. The second kappa shape index (κ2) is 16.3. The van der Waals surface area contributed by atoms with Gasteiger partial charge in [0.25, 0.3) is 0 Å². The molecular formula is C23H40LiNSSn. The number of aromatic nitrogens is 1. The van der Waals surface area contributed by atoms with Crippen LogP contribution in [0.1, 0.15) is 79.1 Å². The van der Waals surface area contributed by atoms with Crippen molar-refractivity contribution in [1.29, 1.82) is 0 Å². The number of benzene rings is 1. The first-order valence-corrected chi connectivity index (χ1v) is 19.1. The third-order valence-electron chi connectivity index (χ3n) is 5.13. The van der Waals surface area contributed by atoms with Crippen LogP contribution in [0.4, 0.5) is 0 Å². The summed E-state index contributed by atoms with van der Waals surface area (Å²) in [6.07, 6.45) is 10.5. The summed E-state index contributed by atoms with van der Waals surface area (Å²) in [5.74, 6) is 0. The average molecular weight is 488 g/mol. The number of hydrogen-bond acceptors (Lipinski definition) is 2. The maximum Gasteiger partial charge on any atom is 1.00 e. The SMILES string of the molecule is CCC[CH2][Sn]([CH2]CCC)([CH2]CCC)[c]1nc2ccccc2s1.[CH2-]CCC.[Li+]. The molecule has 0 saturated heterocycles. The predicted molar refractivity (Wildman–Crippen MR) is 124 cm³/mol. The Kier molecular flexibility index (Phi) is 16.6. The molecule has 1 aromatic carbocycles. The molecule has 4 heteroatoms. The Labute approximate surface area is 189 Å². The van der Waals surface area contributed by atoms with Gasteiger partial charge in [-0.15, -0.1) is 0 Å². The van der Waals surface area contributed by atoms with E-state index >= 15 is 0 Å². The van der Waals surface area contributed by atoms with Crippen molar-refractivity contribution in [3.63, 3.8) is 0 Å². The van der Waals surface area contributed by atoms with Crippen molar-refractivity contribution in [2.45, 2.75) is 92.4 Å². The number of unbranched alkanes of at least 4 members (excludes halogenated alkanes) is 4. The van der Waals surface area contributed by atoms with E-state index in [4.69, 9.17) is 4.98 Å². The zero-order valence-corrected chi connectivity index (χ0v) is 22.3. The Bertz CT molecular complexity index is 542. The van der Waals surface area contributed by atoms with Gasteiger partial charge >= 0.3 is 164 Å². The molecule has 27 heavy (non-hydrogen) atoms. The average Bonchev–Trinajstić information content (AvgIpc) is 3.12. The fourth-order valence-electron chi connectivity index (χ4n) is 3.34. The van der Waals surface area contributed by atoms with Gasteiger partial charge in [0.2, 0.25) is 0 Å². The number of fused-ring (bicyclic) bond motifs is 1. The molecule has 0 amide bonds. The van der Waals surface area contributed by atoms with Gasteiger partial charge in [-0.25, -0.2) is 0 Å². The van der Waals surface area contributed by atoms with E-state index in [9.17, 15) is 0 Å². The number of rotatable bonds is 11. The summed E-state index contributed by atoms with van der Waals surface area (Å²) in [6, 6.07) is 8.75. The summed E-state index contributed by atoms with van der Waals surface area (Å²) in [4.78, 5) is 5.16. The van der Waals surface area contributed by atoms with Gasteiger partial charge in [0.05, 0.1) is 0 Å². The van der Waals surface area contributed by atoms with Crippen molar-refractivity contribution in [2.24, 2.45) is 0 Å². The minimum Gasteiger partial charge on any atom is -0.343 e. The van der Waals surface area contributed by atoms with Crippen molar-refractivity contribution in [1.82, 2.24) is 4.98 Å². The van der Waals surface area contributed by atoms with Crippen molar-refractivity contribution < 1.29 is 18.9 Å². The van der Waals surface area contributed by atoms with Crippen LogP contribution in [0.25, 0.3) is 10.2 Å². The molecule has 0 aliphatic heterocycles. The second-order valence-corrected chi connectivity index (χ2v) is 22.4. The normalized spacial score (nSPS) is 11.0. The second-order valence-electron chi connectivity index (χ2n) is 7.43. The van der Waals surface area contributed by atoms with Crippen molar-refractivity contribution >= 4 is 43.0 Å². The van der Waals surface area contributed by atoms with Gasteiger partial charge in [0, 0.05) is 0 Å². The van der Waals surface area contributed by atoms with Crippen LogP contribution < -0.4 is 21.9 Å². The zero-order valence-electron chi connectivity index (χ0n) is 18.7. The maximum absolute atomic E-state index is 5.16. The van der Waals surface area contributed by atoms with Crippen molar-refractivity contribution in [3.8, 4) is 0 Å². The first-order chi connectivity index (χ1) is 12.7. The number of nitrogens with zero attached hydrogens (tertiary/aromatic N) is 1. The summed E-state index contributed by atoms with van der Waals surface area (Å²) in [5, 5.41) is 0. The Morgan fingerprint density at radius 2 is 1.33 bits per heavy atom. The van der Waals surface area contributed by atoms with E-state index in [2.05, 4.69) is 58.9 Å². The third kappa shape index (κ3) is 9.24.